The Kier molecular flexibility index (Phi) is 2.96. The summed E-state index contributed by atoms with van der Waals surface area (Å²) >= 11 is 5.72. The number of aromatic nitrogens is 2. The second-order valence-electron chi connectivity index (χ2n) is 3.60. The lowest BCUT2D eigenvalue weighted by Crippen LogP contribution is -2.25. The first-order chi connectivity index (χ1) is 8.47. The first kappa shape index (κ1) is 12.4. The van der Waals surface area contributed by atoms with Gasteiger partial charge in [-0.05, 0) is 6.07 Å². The minimum Gasteiger partial charge on any atom is -0.506 e. The molecule has 0 radical (unpaired) electrons. The second kappa shape index (κ2) is 4.30. The summed E-state index contributed by atoms with van der Waals surface area (Å²) in [5.41, 5.74) is -0.708. The van der Waals surface area contributed by atoms with Gasteiger partial charge < -0.3 is 14.4 Å². The number of aromatic hydroxyl groups is 1. The fraction of sp³-hybridized carbons (Fsp3) is 0.182. The van der Waals surface area contributed by atoms with Crippen LogP contribution in [0.1, 0.15) is 10.4 Å². The summed E-state index contributed by atoms with van der Waals surface area (Å²) in [6.45, 7) is 0. The number of carbonyl (C=O) groups excluding carboxylic acids is 1. The van der Waals surface area contributed by atoms with E-state index in [1.54, 1.807) is 0 Å². The molecule has 0 aliphatic carbocycles. The number of methoxy groups -OCH3 is 1. The van der Waals surface area contributed by atoms with Gasteiger partial charge in [-0.1, -0.05) is 11.6 Å². The van der Waals surface area contributed by atoms with E-state index in [0.717, 1.165) is 7.11 Å². The molecule has 94 valence electrons. The van der Waals surface area contributed by atoms with E-state index in [1.165, 1.54) is 23.9 Å². The second-order valence-corrected chi connectivity index (χ2v) is 3.99. The smallest absolute Gasteiger partial charge is 0.347 e. The fourth-order valence-electron chi connectivity index (χ4n) is 1.68. The van der Waals surface area contributed by atoms with Crippen molar-refractivity contribution in [2.75, 3.05) is 7.11 Å². The van der Waals surface area contributed by atoms with Crippen LogP contribution in [0.2, 0.25) is 5.15 Å². The summed E-state index contributed by atoms with van der Waals surface area (Å²) in [5, 5.41) is 10.4. The van der Waals surface area contributed by atoms with E-state index in [9.17, 15) is 14.7 Å². The van der Waals surface area contributed by atoms with Gasteiger partial charge in [0.1, 0.15) is 10.9 Å². The van der Waals surface area contributed by atoms with Gasteiger partial charge in [0.25, 0.3) is 5.56 Å². The number of rotatable bonds is 1. The van der Waals surface area contributed by atoms with Gasteiger partial charge in [-0.2, -0.15) is 0 Å². The van der Waals surface area contributed by atoms with Crippen LogP contribution in [0, 0.1) is 0 Å². The van der Waals surface area contributed by atoms with E-state index in [0.29, 0.717) is 5.52 Å². The zero-order valence-electron chi connectivity index (χ0n) is 9.60. The van der Waals surface area contributed by atoms with E-state index in [1.807, 2.05) is 0 Å². The molecule has 6 nitrogen and oxygen atoms in total. The lowest BCUT2D eigenvalue weighted by atomic mass is 10.1. The molecular weight excluding hydrogens is 260 g/mol. The van der Waals surface area contributed by atoms with Crippen LogP contribution in [-0.2, 0) is 11.8 Å². The number of halogens is 1. The fourth-order valence-corrected chi connectivity index (χ4v) is 1.84. The number of pyridine rings is 2. The third-order valence-electron chi connectivity index (χ3n) is 2.61. The van der Waals surface area contributed by atoms with Crippen LogP contribution < -0.4 is 5.56 Å². The van der Waals surface area contributed by atoms with E-state index in [4.69, 9.17) is 11.6 Å². The third-order valence-corrected chi connectivity index (χ3v) is 2.82. The average Bonchev–Trinajstić information content (AvgIpc) is 2.36. The maximum Gasteiger partial charge on any atom is 0.347 e. The van der Waals surface area contributed by atoms with Crippen LogP contribution in [0.15, 0.2) is 17.1 Å². The van der Waals surface area contributed by atoms with E-state index >= 15 is 0 Å². The summed E-state index contributed by atoms with van der Waals surface area (Å²) in [4.78, 5) is 27.2. The monoisotopic (exact) mass is 268 g/mol. The number of hydrogen-bond acceptors (Lipinski definition) is 5. The maximum atomic E-state index is 11.9. The van der Waals surface area contributed by atoms with Crippen molar-refractivity contribution in [3.8, 4) is 5.75 Å². The number of esters is 1. The standard InChI is InChI=1S/C11H9ClN2O4/c1-14-6-4-13-7(12)3-5(6)9(15)8(10(14)16)11(17)18-2/h3-4,15H,1-2H3. The Morgan fingerprint density at radius 3 is 2.83 bits per heavy atom. The molecule has 2 aromatic heterocycles. The van der Waals surface area contributed by atoms with Crippen LogP contribution in [0.5, 0.6) is 5.75 Å². The molecule has 0 bridgehead atoms. The Morgan fingerprint density at radius 2 is 2.22 bits per heavy atom. The normalized spacial score (nSPS) is 10.6. The molecule has 0 amide bonds. The Morgan fingerprint density at radius 1 is 1.56 bits per heavy atom. The highest BCUT2D eigenvalue weighted by Crippen LogP contribution is 2.27. The maximum absolute atomic E-state index is 11.9. The molecular formula is C11H9ClN2O4. The van der Waals surface area contributed by atoms with Crippen molar-refractivity contribution >= 4 is 28.5 Å². The Bertz CT molecular complexity index is 708. The third kappa shape index (κ3) is 1.70. The molecule has 0 aromatic carbocycles. The predicted octanol–water partition coefficient (Wildman–Crippen LogP) is 1.08. The van der Waals surface area contributed by atoms with Gasteiger partial charge in [0.15, 0.2) is 5.56 Å². The van der Waals surface area contributed by atoms with Crippen LogP contribution in [-0.4, -0.2) is 27.7 Å². The van der Waals surface area contributed by atoms with Gasteiger partial charge in [0.2, 0.25) is 0 Å². The number of hydrogen-bond donors (Lipinski definition) is 1. The number of ether oxygens (including phenoxy) is 1. The lowest BCUT2D eigenvalue weighted by molar-refractivity contribution is 0.0595. The number of fused-ring (bicyclic) bond motifs is 1. The highest BCUT2D eigenvalue weighted by molar-refractivity contribution is 6.30. The topological polar surface area (TPSA) is 81.4 Å². The van der Waals surface area contributed by atoms with Crippen molar-refractivity contribution in [3.63, 3.8) is 0 Å². The number of nitrogens with zero attached hydrogens (tertiary/aromatic N) is 2. The summed E-state index contributed by atoms with van der Waals surface area (Å²) in [7, 11) is 2.59. The van der Waals surface area contributed by atoms with Crippen molar-refractivity contribution in [2.45, 2.75) is 0 Å². The molecule has 0 aliphatic rings. The lowest BCUT2D eigenvalue weighted by Gasteiger charge is -2.10. The van der Waals surface area contributed by atoms with E-state index in [2.05, 4.69) is 9.72 Å². The van der Waals surface area contributed by atoms with Crippen molar-refractivity contribution in [1.82, 2.24) is 9.55 Å². The van der Waals surface area contributed by atoms with Crippen LogP contribution in [0.4, 0.5) is 0 Å². The number of carbonyl (C=O) groups is 1. The minimum absolute atomic E-state index is 0.146. The molecule has 7 heteroatoms. The van der Waals surface area contributed by atoms with Crippen molar-refractivity contribution in [3.05, 3.63) is 33.3 Å². The van der Waals surface area contributed by atoms with Crippen molar-refractivity contribution in [1.29, 1.82) is 0 Å². The molecule has 0 saturated heterocycles. The number of aryl methyl sites for hydroxylation is 1. The Hall–Kier alpha value is -2.08. The average molecular weight is 269 g/mol. The van der Waals surface area contributed by atoms with Gasteiger partial charge in [0.05, 0.1) is 18.8 Å². The summed E-state index contributed by atoms with van der Waals surface area (Å²) in [5.74, 6) is -1.35. The Balaban J connectivity index is 2.98. The highest BCUT2D eigenvalue weighted by atomic mass is 35.5. The van der Waals surface area contributed by atoms with Crippen molar-refractivity contribution < 1.29 is 14.6 Å². The van der Waals surface area contributed by atoms with Crippen LogP contribution in [0.25, 0.3) is 10.9 Å². The quantitative estimate of drug-likeness (QED) is 0.618. The first-order valence-corrected chi connectivity index (χ1v) is 5.30. The van der Waals surface area contributed by atoms with Crippen molar-refractivity contribution in [2.24, 2.45) is 7.05 Å². The van der Waals surface area contributed by atoms with Gasteiger partial charge in [0, 0.05) is 12.4 Å². The molecule has 0 fully saturated rings. The Labute approximate surface area is 106 Å². The van der Waals surface area contributed by atoms with Gasteiger partial charge in [-0.3, -0.25) is 4.79 Å². The molecule has 2 heterocycles. The molecule has 0 unspecified atom stereocenters. The predicted molar refractivity (Wildman–Crippen MR) is 65.0 cm³/mol. The molecule has 0 spiro atoms. The summed E-state index contributed by atoms with van der Waals surface area (Å²) < 4.78 is 5.67. The SMILES string of the molecule is COC(=O)c1c(O)c2cc(Cl)ncc2n(C)c1=O. The van der Waals surface area contributed by atoms with Gasteiger partial charge in [-0.25, -0.2) is 9.78 Å². The van der Waals surface area contributed by atoms with E-state index < -0.39 is 22.8 Å². The van der Waals surface area contributed by atoms with Crippen LogP contribution >= 0.6 is 11.6 Å². The largest absolute Gasteiger partial charge is 0.506 e. The molecule has 18 heavy (non-hydrogen) atoms. The van der Waals surface area contributed by atoms with Crippen LogP contribution in [0.3, 0.4) is 0 Å². The first-order valence-electron chi connectivity index (χ1n) is 4.93. The molecule has 1 N–H and O–H groups in total. The zero-order valence-corrected chi connectivity index (χ0v) is 10.4. The minimum atomic E-state index is -0.900. The molecule has 2 aromatic rings. The highest BCUT2D eigenvalue weighted by Gasteiger charge is 2.21. The molecule has 2 rings (SSSR count). The molecule has 0 aliphatic heterocycles. The van der Waals surface area contributed by atoms with E-state index in [-0.39, 0.29) is 10.5 Å². The molecule has 0 atom stereocenters. The zero-order chi connectivity index (χ0) is 13.4. The van der Waals surface area contributed by atoms with Gasteiger partial charge >= 0.3 is 5.97 Å². The van der Waals surface area contributed by atoms with Gasteiger partial charge in [-0.15, -0.1) is 0 Å². The molecule has 0 saturated carbocycles. The summed E-state index contributed by atoms with van der Waals surface area (Å²) in [6, 6.07) is 1.37. The summed E-state index contributed by atoms with van der Waals surface area (Å²) in [6.07, 6.45) is 1.35.